The van der Waals surface area contributed by atoms with Crippen LogP contribution >= 0.6 is 11.3 Å². The fourth-order valence-corrected chi connectivity index (χ4v) is 2.34. The van der Waals surface area contributed by atoms with Crippen molar-refractivity contribution >= 4 is 11.3 Å². The van der Waals surface area contributed by atoms with Gasteiger partial charge < -0.3 is 10.6 Å². The van der Waals surface area contributed by atoms with Crippen LogP contribution in [0.1, 0.15) is 37.5 Å². The van der Waals surface area contributed by atoms with Gasteiger partial charge in [-0.1, -0.05) is 13.8 Å². The minimum Gasteiger partial charge on any atom is -0.322 e. The summed E-state index contributed by atoms with van der Waals surface area (Å²) in [6, 6.07) is 0.0548. The summed E-state index contributed by atoms with van der Waals surface area (Å²) in [6.07, 6.45) is 0. The van der Waals surface area contributed by atoms with Crippen LogP contribution in [0.4, 0.5) is 0 Å². The number of thiazole rings is 1. The van der Waals surface area contributed by atoms with Gasteiger partial charge in [0.25, 0.3) is 0 Å². The highest BCUT2D eigenvalue weighted by Crippen LogP contribution is 2.16. The smallest absolute Gasteiger partial charge is 0.109 e. The molecule has 0 radical (unpaired) electrons. The van der Waals surface area contributed by atoms with Crippen LogP contribution < -0.4 is 5.73 Å². The van der Waals surface area contributed by atoms with E-state index in [1.165, 1.54) is 0 Å². The number of aromatic nitrogens is 1. The van der Waals surface area contributed by atoms with Gasteiger partial charge in [-0.15, -0.1) is 11.3 Å². The van der Waals surface area contributed by atoms with E-state index < -0.39 is 0 Å². The Kier molecular flexibility index (Phi) is 4.70. The molecule has 15 heavy (non-hydrogen) atoms. The van der Waals surface area contributed by atoms with Crippen LogP contribution in [0.15, 0.2) is 5.38 Å². The van der Waals surface area contributed by atoms with Gasteiger partial charge >= 0.3 is 0 Å². The van der Waals surface area contributed by atoms with Crippen molar-refractivity contribution in [2.45, 2.75) is 33.4 Å². The highest BCUT2D eigenvalue weighted by Gasteiger charge is 2.08. The van der Waals surface area contributed by atoms with Crippen molar-refractivity contribution in [3.05, 3.63) is 16.1 Å². The lowest BCUT2D eigenvalue weighted by molar-refractivity contribution is 0.285. The second-order valence-corrected chi connectivity index (χ2v) is 5.45. The Morgan fingerprint density at radius 2 is 2.13 bits per heavy atom. The average molecular weight is 227 g/mol. The monoisotopic (exact) mass is 227 g/mol. The summed E-state index contributed by atoms with van der Waals surface area (Å²) < 4.78 is 0. The Bertz CT molecular complexity index is 294. The van der Waals surface area contributed by atoms with Crippen molar-refractivity contribution in [3.8, 4) is 0 Å². The summed E-state index contributed by atoms with van der Waals surface area (Å²) in [4.78, 5) is 6.81. The first-order valence-electron chi connectivity index (χ1n) is 5.37. The third kappa shape index (κ3) is 4.28. The molecule has 1 unspecified atom stereocenters. The molecule has 0 aliphatic heterocycles. The molecule has 3 nitrogen and oxygen atoms in total. The van der Waals surface area contributed by atoms with Gasteiger partial charge in [0.15, 0.2) is 0 Å². The minimum absolute atomic E-state index is 0.0548. The van der Waals surface area contributed by atoms with E-state index in [1.54, 1.807) is 11.3 Å². The molecule has 1 aromatic rings. The Hall–Kier alpha value is -0.450. The molecule has 0 aliphatic carbocycles. The van der Waals surface area contributed by atoms with Crippen LogP contribution in [-0.4, -0.2) is 23.5 Å². The molecule has 4 heteroatoms. The predicted octanol–water partition coefficient (Wildman–Crippen LogP) is 2.25. The van der Waals surface area contributed by atoms with Gasteiger partial charge in [0.2, 0.25) is 0 Å². The number of rotatable bonds is 5. The number of nitrogens with two attached hydrogens (primary N) is 1. The molecule has 0 aromatic carbocycles. The predicted molar refractivity (Wildman–Crippen MR) is 65.9 cm³/mol. The van der Waals surface area contributed by atoms with E-state index in [0.29, 0.717) is 5.92 Å². The third-order valence-electron chi connectivity index (χ3n) is 2.07. The summed E-state index contributed by atoms with van der Waals surface area (Å²) in [7, 11) is 2.13. The molecule has 1 aromatic heterocycles. The maximum Gasteiger partial charge on any atom is 0.109 e. The summed E-state index contributed by atoms with van der Waals surface area (Å²) in [5.41, 5.74) is 6.91. The van der Waals surface area contributed by atoms with E-state index in [1.807, 2.05) is 6.92 Å². The van der Waals surface area contributed by atoms with Crippen molar-refractivity contribution < 1.29 is 0 Å². The topological polar surface area (TPSA) is 42.1 Å². The first-order chi connectivity index (χ1) is 6.99. The van der Waals surface area contributed by atoms with E-state index in [-0.39, 0.29) is 6.04 Å². The van der Waals surface area contributed by atoms with Gasteiger partial charge in [0, 0.05) is 18.5 Å². The first-order valence-corrected chi connectivity index (χ1v) is 6.25. The van der Waals surface area contributed by atoms with Crippen LogP contribution in [0, 0.1) is 5.92 Å². The van der Waals surface area contributed by atoms with Crippen LogP contribution in [0.25, 0.3) is 0 Å². The molecule has 1 rings (SSSR count). The molecule has 1 atom stereocenters. The maximum absolute atomic E-state index is 5.77. The molecule has 2 N–H and O–H groups in total. The number of hydrogen-bond donors (Lipinski definition) is 1. The fraction of sp³-hybridized carbons (Fsp3) is 0.727. The normalized spacial score (nSPS) is 13.8. The van der Waals surface area contributed by atoms with Gasteiger partial charge in [-0.2, -0.15) is 0 Å². The lowest BCUT2D eigenvalue weighted by atomic mass is 10.2. The highest BCUT2D eigenvalue weighted by atomic mass is 32.1. The van der Waals surface area contributed by atoms with Gasteiger partial charge in [-0.05, 0) is 19.9 Å². The lowest BCUT2D eigenvalue weighted by Crippen LogP contribution is -2.22. The fourth-order valence-electron chi connectivity index (χ4n) is 1.57. The maximum atomic E-state index is 5.77. The van der Waals surface area contributed by atoms with Crippen molar-refractivity contribution in [2.24, 2.45) is 11.7 Å². The van der Waals surface area contributed by atoms with Gasteiger partial charge in [-0.25, -0.2) is 4.98 Å². The third-order valence-corrected chi connectivity index (χ3v) is 3.16. The quantitative estimate of drug-likeness (QED) is 0.839. The molecule has 0 saturated heterocycles. The van der Waals surface area contributed by atoms with E-state index in [9.17, 15) is 0 Å². The lowest BCUT2D eigenvalue weighted by Gasteiger charge is -2.17. The average Bonchev–Trinajstić information content (AvgIpc) is 2.50. The Labute approximate surface area is 96.3 Å². The Balaban J connectivity index is 2.49. The zero-order valence-corrected chi connectivity index (χ0v) is 10.8. The van der Waals surface area contributed by atoms with Crippen LogP contribution in [0.2, 0.25) is 0 Å². The van der Waals surface area contributed by atoms with Gasteiger partial charge in [0.1, 0.15) is 5.01 Å². The molecule has 1 heterocycles. The number of nitrogens with zero attached hydrogens (tertiary/aromatic N) is 2. The highest BCUT2D eigenvalue weighted by molar-refractivity contribution is 7.09. The summed E-state index contributed by atoms with van der Waals surface area (Å²) in [5, 5.41) is 3.14. The van der Waals surface area contributed by atoms with E-state index >= 15 is 0 Å². The van der Waals surface area contributed by atoms with Crippen molar-refractivity contribution in [1.29, 1.82) is 0 Å². The van der Waals surface area contributed by atoms with E-state index in [2.05, 4.69) is 36.2 Å². The molecule has 0 aliphatic rings. The van der Waals surface area contributed by atoms with Gasteiger partial charge in [-0.3, -0.25) is 0 Å². The molecule has 0 saturated carbocycles. The zero-order chi connectivity index (χ0) is 11.4. The second kappa shape index (κ2) is 5.58. The van der Waals surface area contributed by atoms with Crippen LogP contribution in [0.3, 0.4) is 0 Å². The summed E-state index contributed by atoms with van der Waals surface area (Å²) >= 11 is 1.66. The molecule has 0 amide bonds. The zero-order valence-electron chi connectivity index (χ0n) is 10.0. The largest absolute Gasteiger partial charge is 0.322 e. The van der Waals surface area contributed by atoms with Gasteiger partial charge in [0.05, 0.1) is 11.7 Å². The summed E-state index contributed by atoms with van der Waals surface area (Å²) in [5.74, 6) is 0.696. The van der Waals surface area contributed by atoms with E-state index in [0.717, 1.165) is 23.8 Å². The Morgan fingerprint density at radius 3 is 2.60 bits per heavy atom. The molecule has 0 fully saturated rings. The standard InChI is InChI=1S/C11H21N3S/c1-8(2)5-14(4)6-10-7-15-11(13-10)9(3)12/h7-9H,5-6,12H2,1-4H3. The SMILES string of the molecule is CC(C)CN(C)Cc1csc(C(C)N)n1. The molecule has 86 valence electrons. The molecule has 0 bridgehead atoms. The van der Waals surface area contributed by atoms with E-state index in [4.69, 9.17) is 5.73 Å². The molecular formula is C11H21N3S. The second-order valence-electron chi connectivity index (χ2n) is 4.56. The van der Waals surface area contributed by atoms with Crippen molar-refractivity contribution in [1.82, 2.24) is 9.88 Å². The molecular weight excluding hydrogens is 206 g/mol. The number of hydrogen-bond acceptors (Lipinski definition) is 4. The van der Waals surface area contributed by atoms with Crippen LogP contribution in [0.5, 0.6) is 0 Å². The minimum atomic E-state index is 0.0548. The van der Waals surface area contributed by atoms with Crippen molar-refractivity contribution in [3.63, 3.8) is 0 Å². The van der Waals surface area contributed by atoms with Crippen molar-refractivity contribution in [2.75, 3.05) is 13.6 Å². The molecule has 0 spiro atoms. The Morgan fingerprint density at radius 1 is 1.47 bits per heavy atom. The van der Waals surface area contributed by atoms with Crippen LogP contribution in [-0.2, 0) is 6.54 Å². The summed E-state index contributed by atoms with van der Waals surface area (Å²) in [6.45, 7) is 8.45. The first kappa shape index (κ1) is 12.6.